The molecule has 1 aliphatic rings. The van der Waals surface area contributed by atoms with Crippen LogP contribution in [0.1, 0.15) is 12.8 Å². The number of carboxylic acid groups (broad SMARTS) is 1. The van der Waals surface area contributed by atoms with Crippen LogP contribution >= 0.6 is 0 Å². The minimum atomic E-state index is -0.945. The molecule has 4 nitrogen and oxygen atoms in total. The third-order valence-corrected chi connectivity index (χ3v) is 1.86. The smallest absolute Gasteiger partial charge is 0.316 e. The van der Waals surface area contributed by atoms with E-state index in [2.05, 4.69) is 4.74 Å². The molecule has 11 heavy (non-hydrogen) atoms. The van der Waals surface area contributed by atoms with Crippen LogP contribution in [0.2, 0.25) is 0 Å². The Bertz CT molecular complexity index is 186. The number of rotatable bonds is 3. The van der Waals surface area contributed by atoms with Crippen molar-refractivity contribution in [3.05, 3.63) is 0 Å². The average Bonchev–Trinajstić information content (AvgIpc) is 2.71. The van der Waals surface area contributed by atoms with E-state index < -0.39 is 11.9 Å². The number of hydrogen-bond donors (Lipinski definition) is 2. The number of ether oxygens (including phenoxy) is 1. The largest absolute Gasteiger partial charge is 0.484 e. The summed E-state index contributed by atoms with van der Waals surface area (Å²) in [4.78, 5) is 10.6. The Morgan fingerprint density at radius 3 is 2.55 bits per heavy atom. The number of hydrogen-bond acceptors (Lipinski definition) is 3. The first-order valence-corrected chi connectivity index (χ1v) is 3.52. The molecular weight excluding hydrogens is 146 g/mol. The van der Waals surface area contributed by atoms with Gasteiger partial charge in [0.25, 0.3) is 0 Å². The van der Waals surface area contributed by atoms with Gasteiger partial charge in [-0.15, -0.1) is 0 Å². The average molecular weight is 157 g/mol. The first-order valence-electron chi connectivity index (χ1n) is 3.52. The van der Waals surface area contributed by atoms with Crippen molar-refractivity contribution in [1.29, 1.82) is 5.41 Å². The van der Waals surface area contributed by atoms with Gasteiger partial charge in [-0.05, 0) is 18.8 Å². The summed E-state index contributed by atoms with van der Waals surface area (Å²) in [6.45, 7) is 0. The van der Waals surface area contributed by atoms with Gasteiger partial charge < -0.3 is 9.84 Å². The van der Waals surface area contributed by atoms with E-state index in [0.29, 0.717) is 0 Å². The van der Waals surface area contributed by atoms with Crippen molar-refractivity contribution in [1.82, 2.24) is 0 Å². The van der Waals surface area contributed by atoms with E-state index in [4.69, 9.17) is 10.5 Å². The van der Waals surface area contributed by atoms with E-state index in [1.54, 1.807) is 0 Å². The van der Waals surface area contributed by atoms with Crippen LogP contribution in [0, 0.1) is 17.2 Å². The van der Waals surface area contributed by atoms with Gasteiger partial charge in [-0.1, -0.05) is 0 Å². The molecule has 1 aliphatic carbocycles. The lowest BCUT2D eigenvalue weighted by molar-refractivity contribution is -0.140. The summed E-state index contributed by atoms with van der Waals surface area (Å²) >= 11 is 0. The van der Waals surface area contributed by atoms with E-state index >= 15 is 0 Å². The first-order chi connectivity index (χ1) is 5.16. The molecule has 0 aromatic rings. The summed E-state index contributed by atoms with van der Waals surface area (Å²) < 4.78 is 4.58. The van der Waals surface area contributed by atoms with Crippen LogP contribution in [0.25, 0.3) is 0 Å². The highest BCUT2D eigenvalue weighted by atomic mass is 16.5. The van der Waals surface area contributed by atoms with Crippen molar-refractivity contribution in [3.63, 3.8) is 0 Å². The first kappa shape index (κ1) is 8.04. The Balaban J connectivity index is 2.58. The van der Waals surface area contributed by atoms with Crippen molar-refractivity contribution >= 4 is 11.9 Å². The van der Waals surface area contributed by atoms with Crippen LogP contribution in [0.4, 0.5) is 0 Å². The molecule has 0 aliphatic heterocycles. The third-order valence-electron chi connectivity index (χ3n) is 1.86. The third kappa shape index (κ3) is 1.69. The van der Waals surface area contributed by atoms with Gasteiger partial charge in [-0.3, -0.25) is 10.2 Å². The fraction of sp³-hybridized carbons (Fsp3) is 0.714. The van der Waals surface area contributed by atoms with Crippen molar-refractivity contribution in [2.24, 2.45) is 11.8 Å². The molecule has 0 radical (unpaired) electrons. The molecule has 0 aromatic carbocycles. The van der Waals surface area contributed by atoms with Gasteiger partial charge in [-0.25, -0.2) is 0 Å². The maximum atomic E-state index is 10.6. The van der Waals surface area contributed by atoms with Gasteiger partial charge >= 0.3 is 5.97 Å². The molecule has 1 rings (SSSR count). The van der Waals surface area contributed by atoms with E-state index in [9.17, 15) is 4.79 Å². The molecule has 0 aromatic heterocycles. The van der Waals surface area contributed by atoms with Crippen LogP contribution in [0.3, 0.4) is 0 Å². The van der Waals surface area contributed by atoms with Gasteiger partial charge in [0.15, 0.2) is 5.90 Å². The molecule has 62 valence electrons. The number of methoxy groups -OCH3 is 1. The second kappa shape index (κ2) is 2.90. The highest BCUT2D eigenvalue weighted by Crippen LogP contribution is 2.37. The molecule has 1 unspecified atom stereocenters. The molecule has 4 heteroatoms. The zero-order valence-corrected chi connectivity index (χ0v) is 6.33. The van der Waals surface area contributed by atoms with Gasteiger partial charge in [-0.2, -0.15) is 0 Å². The summed E-state index contributed by atoms with van der Waals surface area (Å²) in [6.07, 6.45) is 1.81. The normalized spacial score (nSPS) is 19.0. The minimum absolute atomic E-state index is 0.125. The Kier molecular flexibility index (Phi) is 2.12. The standard InChI is InChI=1S/C7H11NO3/c1-11-6(8)5(7(9)10)4-2-3-4/h4-5,8H,2-3H2,1H3,(H,9,10). The fourth-order valence-corrected chi connectivity index (χ4v) is 1.08. The summed E-state index contributed by atoms with van der Waals surface area (Å²) in [5.41, 5.74) is 0. The summed E-state index contributed by atoms with van der Waals surface area (Å²) in [5.74, 6) is -1.64. The minimum Gasteiger partial charge on any atom is -0.484 e. The van der Waals surface area contributed by atoms with Crippen LogP contribution in [-0.4, -0.2) is 24.1 Å². The van der Waals surface area contributed by atoms with E-state index in [1.165, 1.54) is 7.11 Å². The van der Waals surface area contributed by atoms with Gasteiger partial charge in [0, 0.05) is 0 Å². The van der Waals surface area contributed by atoms with Gasteiger partial charge in [0.1, 0.15) is 5.92 Å². The molecule has 0 bridgehead atoms. The summed E-state index contributed by atoms with van der Waals surface area (Å²) in [7, 11) is 1.33. The number of carbonyl (C=O) groups is 1. The van der Waals surface area contributed by atoms with Crippen molar-refractivity contribution in [2.75, 3.05) is 7.11 Å². The molecule has 1 saturated carbocycles. The van der Waals surface area contributed by atoms with Crippen molar-refractivity contribution in [3.8, 4) is 0 Å². The Morgan fingerprint density at radius 1 is 1.73 bits per heavy atom. The van der Waals surface area contributed by atoms with Crippen LogP contribution < -0.4 is 0 Å². The zero-order valence-electron chi connectivity index (χ0n) is 6.33. The predicted octanol–water partition coefficient (Wildman–Crippen LogP) is 0.721. The Hall–Kier alpha value is -1.06. The maximum Gasteiger partial charge on any atom is 0.316 e. The Morgan fingerprint density at radius 2 is 2.27 bits per heavy atom. The molecular formula is C7H11NO3. The SMILES string of the molecule is COC(=N)C(C(=O)O)C1CC1. The zero-order chi connectivity index (χ0) is 8.43. The molecule has 0 heterocycles. The number of carboxylic acids is 1. The fourth-order valence-electron chi connectivity index (χ4n) is 1.08. The monoisotopic (exact) mass is 157 g/mol. The van der Waals surface area contributed by atoms with Crippen molar-refractivity contribution in [2.45, 2.75) is 12.8 Å². The molecule has 0 saturated heterocycles. The topological polar surface area (TPSA) is 70.4 Å². The number of aliphatic carboxylic acids is 1. The van der Waals surface area contributed by atoms with Crippen molar-refractivity contribution < 1.29 is 14.6 Å². The second-order valence-corrected chi connectivity index (χ2v) is 2.72. The van der Waals surface area contributed by atoms with Gasteiger partial charge in [0.2, 0.25) is 0 Å². The molecule has 1 fully saturated rings. The lowest BCUT2D eigenvalue weighted by atomic mass is 10.0. The molecule has 1 atom stereocenters. The molecule has 0 amide bonds. The summed E-state index contributed by atoms with van der Waals surface area (Å²) in [6, 6.07) is 0. The highest BCUT2D eigenvalue weighted by molar-refractivity contribution is 5.96. The molecule has 2 N–H and O–H groups in total. The van der Waals surface area contributed by atoms with E-state index in [1.807, 2.05) is 0 Å². The van der Waals surface area contributed by atoms with Crippen LogP contribution in [0.15, 0.2) is 0 Å². The van der Waals surface area contributed by atoms with E-state index in [-0.39, 0.29) is 11.8 Å². The second-order valence-electron chi connectivity index (χ2n) is 2.72. The quantitative estimate of drug-likeness (QED) is 0.468. The van der Waals surface area contributed by atoms with Crippen LogP contribution in [-0.2, 0) is 9.53 Å². The van der Waals surface area contributed by atoms with E-state index in [0.717, 1.165) is 12.8 Å². The van der Waals surface area contributed by atoms with Crippen LogP contribution in [0.5, 0.6) is 0 Å². The predicted molar refractivity (Wildman–Crippen MR) is 38.6 cm³/mol. The van der Waals surface area contributed by atoms with Gasteiger partial charge in [0.05, 0.1) is 7.11 Å². The highest BCUT2D eigenvalue weighted by Gasteiger charge is 2.40. The maximum absolute atomic E-state index is 10.6. The molecule has 0 spiro atoms. The Labute approximate surface area is 64.7 Å². The number of nitrogens with one attached hydrogen (secondary N) is 1. The summed E-state index contributed by atoms with van der Waals surface area (Å²) in [5, 5.41) is 15.9. The lowest BCUT2D eigenvalue weighted by Crippen LogP contribution is -2.26. The lowest BCUT2D eigenvalue weighted by Gasteiger charge is -2.09.